The molecular weight excluding hydrogens is 380 g/mol. The summed E-state index contributed by atoms with van der Waals surface area (Å²) in [6.07, 6.45) is 3.75. The van der Waals surface area contributed by atoms with Gasteiger partial charge >= 0.3 is 5.97 Å². The number of rotatable bonds is 4. The van der Waals surface area contributed by atoms with Crippen molar-refractivity contribution in [2.24, 2.45) is 14.1 Å². The summed E-state index contributed by atoms with van der Waals surface area (Å²) < 4.78 is 15.9. The van der Waals surface area contributed by atoms with Gasteiger partial charge in [0.1, 0.15) is 11.4 Å². The number of aromatic nitrogens is 4. The van der Waals surface area contributed by atoms with Crippen LogP contribution in [0.1, 0.15) is 21.9 Å². The number of benzene rings is 1. The van der Waals surface area contributed by atoms with E-state index in [0.29, 0.717) is 28.0 Å². The molecule has 3 heterocycles. The van der Waals surface area contributed by atoms with Crippen molar-refractivity contribution in [3.05, 3.63) is 47.7 Å². The zero-order valence-electron chi connectivity index (χ0n) is 15.6. The van der Waals surface area contributed by atoms with Gasteiger partial charge in [0.05, 0.1) is 42.5 Å². The number of aryl methyl sites for hydroxylation is 2. The first-order chi connectivity index (χ1) is 13.3. The molecule has 144 valence electrons. The highest BCUT2D eigenvalue weighted by molar-refractivity contribution is 7.84. The van der Waals surface area contributed by atoms with Gasteiger partial charge in [0, 0.05) is 22.5 Å². The molecule has 8 nitrogen and oxygen atoms in total. The average molecular weight is 399 g/mol. The van der Waals surface area contributed by atoms with E-state index in [0.717, 1.165) is 16.6 Å². The molecule has 9 heteroatoms. The lowest BCUT2D eigenvalue weighted by Crippen LogP contribution is -2.30. The minimum atomic E-state index is -1.22. The molecule has 0 saturated heterocycles. The van der Waals surface area contributed by atoms with E-state index in [-0.39, 0.29) is 11.4 Å². The van der Waals surface area contributed by atoms with Crippen molar-refractivity contribution in [3.8, 4) is 5.75 Å². The third kappa shape index (κ3) is 2.84. The van der Waals surface area contributed by atoms with Gasteiger partial charge in [0.15, 0.2) is 5.69 Å². The van der Waals surface area contributed by atoms with Crippen LogP contribution >= 0.6 is 0 Å². The van der Waals surface area contributed by atoms with Gasteiger partial charge in [-0.25, -0.2) is 18.9 Å². The predicted octanol–water partition coefficient (Wildman–Crippen LogP) is 1.61. The number of hydrogen-bond donors (Lipinski definition) is 3. The molecule has 28 heavy (non-hydrogen) atoms. The van der Waals surface area contributed by atoms with Crippen LogP contribution in [0.2, 0.25) is 0 Å². The van der Waals surface area contributed by atoms with Crippen molar-refractivity contribution < 1.29 is 23.8 Å². The standard InChI is InChI=1S/C19H18N4O4S/c1-22-9-23(2)18(28(3)27)16(22)8-14-17-12(7-15(20-14)19(25)26)11-6-10(24)4-5-13(11)21-17/h4-7,9H,8H2,1-3H3,(H2-,20,21,24,25,26)/p+1. The molecule has 0 aliphatic rings. The fourth-order valence-corrected chi connectivity index (χ4v) is 4.65. The van der Waals surface area contributed by atoms with Gasteiger partial charge in [0.2, 0.25) is 11.4 Å². The Morgan fingerprint density at radius 1 is 1.32 bits per heavy atom. The van der Waals surface area contributed by atoms with Crippen molar-refractivity contribution in [1.29, 1.82) is 0 Å². The molecule has 0 aliphatic carbocycles. The van der Waals surface area contributed by atoms with Crippen molar-refractivity contribution in [2.45, 2.75) is 11.4 Å². The number of fused-ring (bicyclic) bond motifs is 3. The number of hydrogen-bond acceptors (Lipinski definition) is 4. The molecule has 0 saturated carbocycles. The number of nitrogens with one attached hydrogen (secondary N) is 1. The number of carboxylic acid groups (broad SMARTS) is 1. The molecule has 0 radical (unpaired) electrons. The second-order valence-electron chi connectivity index (χ2n) is 6.76. The summed E-state index contributed by atoms with van der Waals surface area (Å²) in [5.41, 5.74) is 2.72. The Balaban J connectivity index is 2.00. The molecule has 3 aromatic heterocycles. The minimum absolute atomic E-state index is 0.0792. The maximum Gasteiger partial charge on any atom is 0.354 e. The Labute approximate surface area is 162 Å². The Hall–Kier alpha value is -3.20. The van der Waals surface area contributed by atoms with Crippen molar-refractivity contribution in [3.63, 3.8) is 0 Å². The zero-order chi connectivity index (χ0) is 20.2. The van der Waals surface area contributed by atoms with Crippen molar-refractivity contribution >= 4 is 38.6 Å². The number of pyridine rings is 1. The predicted molar refractivity (Wildman–Crippen MR) is 104 cm³/mol. The lowest BCUT2D eigenvalue weighted by atomic mass is 10.1. The fraction of sp³-hybridized carbons (Fsp3) is 0.211. The van der Waals surface area contributed by atoms with Crippen LogP contribution in [-0.2, 0) is 31.3 Å². The fourth-order valence-electron chi connectivity index (χ4n) is 3.65. The Bertz CT molecular complexity index is 1290. The van der Waals surface area contributed by atoms with Gasteiger partial charge in [-0.15, -0.1) is 0 Å². The summed E-state index contributed by atoms with van der Waals surface area (Å²) >= 11 is 0. The van der Waals surface area contributed by atoms with Gasteiger partial charge in [-0.05, 0) is 24.3 Å². The van der Waals surface area contributed by atoms with Crippen molar-refractivity contribution in [2.75, 3.05) is 6.26 Å². The number of carboxylic acids is 1. The number of phenols is 1. The van der Waals surface area contributed by atoms with Crippen LogP contribution in [0.3, 0.4) is 0 Å². The Morgan fingerprint density at radius 2 is 2.07 bits per heavy atom. The molecule has 1 aromatic carbocycles. The number of aromatic carboxylic acids is 1. The normalized spacial score (nSPS) is 12.7. The summed E-state index contributed by atoms with van der Waals surface area (Å²) in [6, 6.07) is 6.41. The second kappa shape index (κ2) is 6.45. The van der Waals surface area contributed by atoms with Crippen LogP contribution in [0.5, 0.6) is 5.75 Å². The van der Waals surface area contributed by atoms with Crippen LogP contribution in [0.15, 0.2) is 35.6 Å². The molecule has 4 aromatic rings. The van der Waals surface area contributed by atoms with Crippen LogP contribution < -0.4 is 4.57 Å². The molecule has 0 aliphatic heterocycles. The minimum Gasteiger partial charge on any atom is -0.508 e. The maximum absolute atomic E-state index is 12.2. The first-order valence-electron chi connectivity index (χ1n) is 8.51. The van der Waals surface area contributed by atoms with Gasteiger partial charge in [0.25, 0.3) is 0 Å². The largest absolute Gasteiger partial charge is 0.508 e. The number of aromatic hydroxyl groups is 1. The average Bonchev–Trinajstić information content (AvgIpc) is 3.11. The second-order valence-corrected chi connectivity index (χ2v) is 8.05. The van der Waals surface area contributed by atoms with Crippen LogP contribution in [0.25, 0.3) is 21.8 Å². The van der Waals surface area contributed by atoms with Gasteiger partial charge < -0.3 is 15.2 Å². The lowest BCUT2D eigenvalue weighted by molar-refractivity contribution is -0.707. The number of aromatic amines is 1. The molecule has 0 spiro atoms. The number of phenolic OH excluding ortho intramolecular Hbond substituents is 1. The Morgan fingerprint density at radius 3 is 2.75 bits per heavy atom. The summed E-state index contributed by atoms with van der Waals surface area (Å²) in [6.45, 7) is 0. The van der Waals surface area contributed by atoms with E-state index < -0.39 is 16.8 Å². The number of imidazole rings is 1. The molecule has 1 unspecified atom stereocenters. The zero-order valence-corrected chi connectivity index (χ0v) is 16.4. The smallest absolute Gasteiger partial charge is 0.354 e. The van der Waals surface area contributed by atoms with E-state index in [1.165, 1.54) is 6.07 Å². The molecule has 1 atom stereocenters. The molecular formula is C19H19N4O4S+. The SMILES string of the molecule is Cn1c[n+](C)c(S(C)=O)c1Cc1nc(C(=O)O)cc2c1[nH]c1ccc(O)cc12. The van der Waals surface area contributed by atoms with Crippen molar-refractivity contribution in [1.82, 2.24) is 14.5 Å². The highest BCUT2D eigenvalue weighted by atomic mass is 32.2. The molecule has 4 rings (SSSR count). The van der Waals surface area contributed by atoms with Gasteiger partial charge in [-0.1, -0.05) is 0 Å². The van der Waals surface area contributed by atoms with E-state index in [1.807, 2.05) is 25.0 Å². The highest BCUT2D eigenvalue weighted by Crippen LogP contribution is 2.31. The van der Waals surface area contributed by atoms with Gasteiger partial charge in [-0.3, -0.25) is 4.21 Å². The third-order valence-electron chi connectivity index (χ3n) is 4.81. The quantitative estimate of drug-likeness (QED) is 0.452. The first-order valence-corrected chi connectivity index (χ1v) is 10.1. The van der Waals surface area contributed by atoms with E-state index >= 15 is 0 Å². The van der Waals surface area contributed by atoms with E-state index in [4.69, 9.17) is 0 Å². The molecule has 0 bridgehead atoms. The summed E-state index contributed by atoms with van der Waals surface area (Å²) in [7, 11) is 2.46. The monoisotopic (exact) mass is 399 g/mol. The van der Waals surface area contributed by atoms with Crippen LogP contribution in [-0.4, -0.2) is 41.2 Å². The topological polar surface area (TPSA) is 112 Å². The van der Waals surface area contributed by atoms with Gasteiger partial charge in [-0.2, -0.15) is 0 Å². The lowest BCUT2D eigenvalue weighted by Gasteiger charge is -2.05. The first kappa shape index (κ1) is 18.2. The third-order valence-corrected chi connectivity index (χ3v) is 5.88. The van der Waals surface area contributed by atoms with Crippen LogP contribution in [0, 0.1) is 0 Å². The Kier molecular flexibility index (Phi) is 4.19. The van der Waals surface area contributed by atoms with Crippen LogP contribution in [0.4, 0.5) is 0 Å². The van der Waals surface area contributed by atoms with E-state index in [9.17, 15) is 19.2 Å². The maximum atomic E-state index is 12.2. The highest BCUT2D eigenvalue weighted by Gasteiger charge is 2.25. The molecule has 3 N–H and O–H groups in total. The summed E-state index contributed by atoms with van der Waals surface area (Å²) in [5.74, 6) is -1.03. The molecule has 0 amide bonds. The number of H-pyrrole nitrogens is 1. The number of carbonyl (C=O) groups is 1. The van der Waals surface area contributed by atoms with E-state index in [1.54, 1.807) is 29.0 Å². The number of nitrogens with zero attached hydrogens (tertiary/aromatic N) is 3. The molecule has 0 fully saturated rings. The van der Waals surface area contributed by atoms with E-state index in [2.05, 4.69) is 9.97 Å². The summed E-state index contributed by atoms with van der Waals surface area (Å²) in [4.78, 5) is 19.3. The summed E-state index contributed by atoms with van der Waals surface area (Å²) in [5, 5.41) is 21.4.